The van der Waals surface area contributed by atoms with Gasteiger partial charge in [0.25, 0.3) is 0 Å². The maximum absolute atomic E-state index is 3.85. The normalized spacial score (nSPS) is 28.3. The maximum Gasteiger partial charge on any atom is 0.0281 e. The van der Waals surface area contributed by atoms with Gasteiger partial charge in [-0.3, -0.25) is 0 Å². The quantitative estimate of drug-likeness (QED) is 0.856. The first-order chi connectivity index (χ1) is 9.71. The van der Waals surface area contributed by atoms with E-state index < -0.39 is 0 Å². The lowest BCUT2D eigenvalue weighted by Gasteiger charge is -2.39. The smallest absolute Gasteiger partial charge is 0.0281 e. The summed E-state index contributed by atoms with van der Waals surface area (Å²) in [6, 6.07) is 9.81. The number of benzene rings is 1. The summed E-state index contributed by atoms with van der Waals surface area (Å²) in [5, 5.41) is 3.85. The minimum Gasteiger partial charge on any atom is -0.313 e. The SMILES string of the molecule is CSC1(CNC2CC(c3cccc(C)c3)C2)CCCC1. The largest absolute Gasteiger partial charge is 0.313 e. The number of thioether (sulfide) groups is 1. The van der Waals surface area contributed by atoms with E-state index in [4.69, 9.17) is 0 Å². The predicted molar refractivity (Wildman–Crippen MR) is 89.7 cm³/mol. The fraction of sp³-hybridized carbons (Fsp3) is 0.667. The molecule has 0 aromatic heterocycles. The Labute approximate surface area is 127 Å². The van der Waals surface area contributed by atoms with Crippen LogP contribution in [0.15, 0.2) is 24.3 Å². The van der Waals surface area contributed by atoms with Gasteiger partial charge in [-0.15, -0.1) is 0 Å². The van der Waals surface area contributed by atoms with Crippen LogP contribution in [0.2, 0.25) is 0 Å². The van der Waals surface area contributed by atoms with Crippen molar-refractivity contribution in [3.8, 4) is 0 Å². The second-order valence-electron chi connectivity index (χ2n) is 6.75. The van der Waals surface area contributed by atoms with E-state index in [1.165, 1.54) is 50.6 Å². The van der Waals surface area contributed by atoms with E-state index in [2.05, 4.69) is 54.5 Å². The number of nitrogens with one attached hydrogen (secondary N) is 1. The molecule has 1 aromatic carbocycles. The highest BCUT2D eigenvalue weighted by Gasteiger charge is 2.36. The van der Waals surface area contributed by atoms with Crippen molar-refractivity contribution in [3.63, 3.8) is 0 Å². The van der Waals surface area contributed by atoms with Gasteiger partial charge in [0.2, 0.25) is 0 Å². The number of aryl methyl sites for hydroxylation is 1. The second-order valence-corrected chi connectivity index (χ2v) is 8.03. The highest BCUT2D eigenvalue weighted by Crippen LogP contribution is 2.41. The van der Waals surface area contributed by atoms with Crippen LogP contribution in [0, 0.1) is 6.92 Å². The summed E-state index contributed by atoms with van der Waals surface area (Å²) >= 11 is 2.09. The van der Waals surface area contributed by atoms with Crippen LogP contribution < -0.4 is 5.32 Å². The van der Waals surface area contributed by atoms with Crippen molar-refractivity contribution in [2.45, 2.75) is 62.2 Å². The van der Waals surface area contributed by atoms with Gasteiger partial charge in [-0.2, -0.15) is 11.8 Å². The Kier molecular flexibility index (Phi) is 4.42. The maximum atomic E-state index is 3.85. The minimum absolute atomic E-state index is 0.550. The average Bonchev–Trinajstić information content (AvgIpc) is 2.86. The molecule has 2 fully saturated rings. The van der Waals surface area contributed by atoms with Crippen molar-refractivity contribution in [1.29, 1.82) is 0 Å². The zero-order valence-corrected chi connectivity index (χ0v) is 13.6. The molecule has 1 aromatic rings. The first-order valence-corrected chi connectivity index (χ1v) is 9.28. The van der Waals surface area contributed by atoms with Gasteiger partial charge in [0.05, 0.1) is 0 Å². The molecule has 2 saturated carbocycles. The highest BCUT2D eigenvalue weighted by atomic mass is 32.2. The lowest BCUT2D eigenvalue weighted by molar-refractivity contribution is 0.282. The zero-order valence-electron chi connectivity index (χ0n) is 12.8. The fourth-order valence-corrected chi connectivity index (χ4v) is 4.71. The Morgan fingerprint density at radius 2 is 2.00 bits per heavy atom. The third kappa shape index (κ3) is 3.07. The van der Waals surface area contributed by atoms with Gasteiger partial charge in [-0.05, 0) is 50.3 Å². The van der Waals surface area contributed by atoms with E-state index in [-0.39, 0.29) is 0 Å². The Balaban J connectivity index is 1.46. The molecule has 0 saturated heterocycles. The fourth-order valence-electron chi connectivity index (χ4n) is 3.78. The molecule has 1 nitrogen and oxygen atoms in total. The summed E-state index contributed by atoms with van der Waals surface area (Å²) in [7, 11) is 0. The van der Waals surface area contributed by atoms with E-state index in [1.807, 2.05) is 0 Å². The Hall–Kier alpha value is -0.470. The number of hydrogen-bond acceptors (Lipinski definition) is 2. The molecule has 2 heteroatoms. The van der Waals surface area contributed by atoms with E-state index in [0.717, 1.165) is 12.0 Å². The standard InChI is InChI=1S/C18H27NS/c1-14-6-5-7-15(10-14)16-11-17(12-16)19-13-18(20-2)8-3-4-9-18/h5-7,10,16-17,19H,3-4,8-9,11-13H2,1-2H3. The van der Waals surface area contributed by atoms with E-state index >= 15 is 0 Å². The number of rotatable bonds is 5. The summed E-state index contributed by atoms with van der Waals surface area (Å²) in [4.78, 5) is 0. The van der Waals surface area contributed by atoms with Gasteiger partial charge in [0.15, 0.2) is 0 Å². The molecular formula is C18H27NS. The summed E-state index contributed by atoms with van der Waals surface area (Å²) < 4.78 is 0.550. The van der Waals surface area contributed by atoms with Crippen molar-refractivity contribution < 1.29 is 0 Å². The van der Waals surface area contributed by atoms with Crippen molar-refractivity contribution in [2.75, 3.05) is 12.8 Å². The van der Waals surface area contributed by atoms with Crippen LogP contribution in [0.25, 0.3) is 0 Å². The molecule has 2 aliphatic carbocycles. The molecule has 2 aliphatic rings. The molecule has 0 radical (unpaired) electrons. The third-order valence-corrected chi connectivity index (χ3v) is 6.73. The van der Waals surface area contributed by atoms with Crippen LogP contribution in [0.3, 0.4) is 0 Å². The van der Waals surface area contributed by atoms with Gasteiger partial charge in [-0.1, -0.05) is 42.7 Å². The molecular weight excluding hydrogens is 262 g/mol. The molecule has 0 amide bonds. The van der Waals surface area contributed by atoms with Crippen molar-refractivity contribution in [2.24, 2.45) is 0 Å². The van der Waals surface area contributed by atoms with E-state index in [9.17, 15) is 0 Å². The molecule has 0 aliphatic heterocycles. The van der Waals surface area contributed by atoms with Crippen LogP contribution in [0.1, 0.15) is 55.6 Å². The second kappa shape index (κ2) is 6.11. The predicted octanol–water partition coefficient (Wildman–Crippen LogP) is 4.51. The van der Waals surface area contributed by atoms with E-state index in [0.29, 0.717) is 4.75 Å². The highest BCUT2D eigenvalue weighted by molar-refractivity contribution is 8.00. The summed E-state index contributed by atoms with van der Waals surface area (Å²) in [5.74, 6) is 0.793. The van der Waals surface area contributed by atoms with Crippen LogP contribution in [0.5, 0.6) is 0 Å². The van der Waals surface area contributed by atoms with E-state index in [1.54, 1.807) is 5.56 Å². The molecule has 0 spiro atoms. The lowest BCUT2D eigenvalue weighted by atomic mass is 9.75. The molecule has 0 unspecified atom stereocenters. The lowest BCUT2D eigenvalue weighted by Crippen LogP contribution is -2.46. The molecule has 20 heavy (non-hydrogen) atoms. The molecule has 0 heterocycles. The van der Waals surface area contributed by atoms with Crippen molar-refractivity contribution >= 4 is 11.8 Å². The molecule has 0 bridgehead atoms. The van der Waals surface area contributed by atoms with Gasteiger partial charge in [0.1, 0.15) is 0 Å². The molecule has 0 atom stereocenters. The first-order valence-electron chi connectivity index (χ1n) is 8.06. The molecule has 3 rings (SSSR count). The Morgan fingerprint density at radius 3 is 2.65 bits per heavy atom. The summed E-state index contributed by atoms with van der Waals surface area (Å²) in [6.45, 7) is 3.42. The van der Waals surface area contributed by atoms with Crippen LogP contribution in [0.4, 0.5) is 0 Å². The van der Waals surface area contributed by atoms with Crippen LogP contribution in [-0.2, 0) is 0 Å². The zero-order chi connectivity index (χ0) is 14.0. The first kappa shape index (κ1) is 14.5. The topological polar surface area (TPSA) is 12.0 Å². The van der Waals surface area contributed by atoms with Crippen molar-refractivity contribution in [3.05, 3.63) is 35.4 Å². The third-order valence-electron chi connectivity index (χ3n) is 5.31. The Morgan fingerprint density at radius 1 is 1.25 bits per heavy atom. The average molecular weight is 289 g/mol. The Bertz CT molecular complexity index is 444. The molecule has 110 valence electrons. The van der Waals surface area contributed by atoms with Crippen molar-refractivity contribution in [1.82, 2.24) is 5.32 Å². The van der Waals surface area contributed by atoms with Gasteiger partial charge in [-0.25, -0.2) is 0 Å². The summed E-state index contributed by atoms with van der Waals surface area (Å²) in [6.07, 6.45) is 10.6. The minimum atomic E-state index is 0.550. The van der Waals surface area contributed by atoms with Gasteiger partial charge < -0.3 is 5.32 Å². The van der Waals surface area contributed by atoms with Gasteiger partial charge in [0, 0.05) is 17.3 Å². The van der Waals surface area contributed by atoms with Crippen LogP contribution in [-0.4, -0.2) is 23.6 Å². The molecule has 1 N–H and O–H groups in total. The summed E-state index contributed by atoms with van der Waals surface area (Å²) in [5.41, 5.74) is 2.94. The number of hydrogen-bond donors (Lipinski definition) is 1. The van der Waals surface area contributed by atoms with Gasteiger partial charge >= 0.3 is 0 Å². The van der Waals surface area contributed by atoms with Crippen LogP contribution >= 0.6 is 11.8 Å². The monoisotopic (exact) mass is 289 g/mol.